The lowest BCUT2D eigenvalue weighted by Gasteiger charge is -2.21. The van der Waals surface area contributed by atoms with E-state index in [1.807, 2.05) is 32.9 Å². The Balaban J connectivity index is 2.18. The van der Waals surface area contributed by atoms with Crippen molar-refractivity contribution in [1.82, 2.24) is 9.97 Å². The van der Waals surface area contributed by atoms with E-state index < -0.39 is 10.0 Å². The normalized spacial score (nSPS) is 12.7. The van der Waals surface area contributed by atoms with Crippen LogP contribution in [0.3, 0.4) is 0 Å². The van der Waals surface area contributed by atoms with Gasteiger partial charge in [0.1, 0.15) is 11.6 Å². The SMILES string of the molecule is CC(C)(C)c1cccc(-c2nc3ccc(S(N)(=O)=O)cc3[nH]2)c1O. The van der Waals surface area contributed by atoms with Gasteiger partial charge in [-0.1, -0.05) is 32.9 Å². The number of imidazole rings is 1. The van der Waals surface area contributed by atoms with E-state index in [1.165, 1.54) is 12.1 Å². The van der Waals surface area contributed by atoms with Gasteiger partial charge in [-0.2, -0.15) is 0 Å². The Labute approximate surface area is 140 Å². The van der Waals surface area contributed by atoms with Crippen LogP contribution in [0.4, 0.5) is 0 Å². The molecule has 0 amide bonds. The van der Waals surface area contributed by atoms with Crippen molar-refractivity contribution in [2.45, 2.75) is 31.1 Å². The van der Waals surface area contributed by atoms with Gasteiger partial charge in [0.15, 0.2) is 0 Å². The third-order valence-corrected chi connectivity index (χ3v) is 4.79. The summed E-state index contributed by atoms with van der Waals surface area (Å²) in [5.74, 6) is 0.635. The summed E-state index contributed by atoms with van der Waals surface area (Å²) in [7, 11) is -3.78. The third-order valence-electron chi connectivity index (χ3n) is 3.88. The predicted molar refractivity (Wildman–Crippen MR) is 93.3 cm³/mol. The monoisotopic (exact) mass is 345 g/mol. The molecule has 0 saturated heterocycles. The van der Waals surface area contributed by atoms with Gasteiger partial charge >= 0.3 is 0 Å². The molecule has 0 aliphatic rings. The van der Waals surface area contributed by atoms with Crippen LogP contribution < -0.4 is 5.14 Å². The molecule has 0 aliphatic heterocycles. The van der Waals surface area contributed by atoms with Crippen LogP contribution in [0, 0.1) is 0 Å². The number of hydrogen-bond acceptors (Lipinski definition) is 4. The summed E-state index contributed by atoms with van der Waals surface area (Å²) < 4.78 is 22.9. The number of phenolic OH excluding ortho intramolecular Hbond substituents is 1. The number of sulfonamides is 1. The van der Waals surface area contributed by atoms with E-state index in [9.17, 15) is 13.5 Å². The summed E-state index contributed by atoms with van der Waals surface area (Å²) in [5, 5.41) is 15.8. The molecule has 1 aromatic heterocycles. The number of nitrogens with one attached hydrogen (secondary N) is 1. The molecule has 24 heavy (non-hydrogen) atoms. The number of para-hydroxylation sites is 1. The summed E-state index contributed by atoms with van der Waals surface area (Å²) in [6.07, 6.45) is 0. The fraction of sp³-hybridized carbons (Fsp3) is 0.235. The zero-order valence-electron chi connectivity index (χ0n) is 13.7. The number of nitrogens with zero attached hydrogens (tertiary/aromatic N) is 1. The van der Waals surface area contributed by atoms with Gasteiger partial charge in [0.05, 0.1) is 21.5 Å². The molecule has 4 N–H and O–H groups in total. The lowest BCUT2D eigenvalue weighted by molar-refractivity contribution is 0.448. The van der Waals surface area contributed by atoms with Crippen molar-refractivity contribution in [2.75, 3.05) is 0 Å². The molecular formula is C17H19N3O3S. The highest BCUT2D eigenvalue weighted by atomic mass is 32.2. The molecule has 0 aliphatic carbocycles. The molecule has 6 nitrogen and oxygen atoms in total. The maximum absolute atomic E-state index is 11.5. The first-order chi connectivity index (χ1) is 11.1. The molecule has 0 atom stereocenters. The molecule has 3 rings (SSSR count). The average molecular weight is 345 g/mol. The Hall–Kier alpha value is -2.38. The topological polar surface area (TPSA) is 109 Å². The summed E-state index contributed by atoms with van der Waals surface area (Å²) in [5.41, 5.74) is 2.30. The van der Waals surface area contributed by atoms with Crippen LogP contribution in [0.15, 0.2) is 41.3 Å². The summed E-state index contributed by atoms with van der Waals surface area (Å²) in [6, 6.07) is 9.93. The summed E-state index contributed by atoms with van der Waals surface area (Å²) in [4.78, 5) is 7.50. The average Bonchev–Trinajstić information content (AvgIpc) is 2.87. The van der Waals surface area contributed by atoms with Crippen LogP contribution in [-0.2, 0) is 15.4 Å². The fourth-order valence-corrected chi connectivity index (χ4v) is 3.17. The maximum Gasteiger partial charge on any atom is 0.238 e. The van der Waals surface area contributed by atoms with Crippen LogP contribution in [-0.4, -0.2) is 23.5 Å². The highest BCUT2D eigenvalue weighted by molar-refractivity contribution is 7.89. The number of rotatable bonds is 2. The molecular weight excluding hydrogens is 326 g/mol. The Morgan fingerprint density at radius 1 is 1.17 bits per heavy atom. The molecule has 0 fully saturated rings. The summed E-state index contributed by atoms with van der Waals surface area (Å²) >= 11 is 0. The maximum atomic E-state index is 11.5. The molecule has 7 heteroatoms. The van der Waals surface area contributed by atoms with Crippen molar-refractivity contribution < 1.29 is 13.5 Å². The van der Waals surface area contributed by atoms with Crippen LogP contribution in [0.2, 0.25) is 0 Å². The zero-order chi connectivity index (χ0) is 17.7. The van der Waals surface area contributed by atoms with Crippen LogP contribution in [0.5, 0.6) is 5.75 Å². The Kier molecular flexibility index (Phi) is 3.65. The smallest absolute Gasteiger partial charge is 0.238 e. The molecule has 3 aromatic rings. The molecule has 2 aromatic carbocycles. The van der Waals surface area contributed by atoms with Crippen molar-refractivity contribution in [2.24, 2.45) is 5.14 Å². The van der Waals surface area contributed by atoms with Gasteiger partial charge < -0.3 is 10.1 Å². The van der Waals surface area contributed by atoms with E-state index in [2.05, 4.69) is 9.97 Å². The zero-order valence-corrected chi connectivity index (χ0v) is 14.5. The number of aromatic nitrogens is 2. The van der Waals surface area contributed by atoms with E-state index in [1.54, 1.807) is 12.1 Å². The van der Waals surface area contributed by atoms with E-state index in [4.69, 9.17) is 5.14 Å². The molecule has 1 heterocycles. The van der Waals surface area contributed by atoms with Gasteiger partial charge in [0.2, 0.25) is 10.0 Å². The van der Waals surface area contributed by atoms with Crippen LogP contribution in [0.1, 0.15) is 26.3 Å². The molecule has 0 unspecified atom stereocenters. The largest absolute Gasteiger partial charge is 0.507 e. The Morgan fingerprint density at radius 3 is 2.50 bits per heavy atom. The Morgan fingerprint density at radius 2 is 1.88 bits per heavy atom. The highest BCUT2D eigenvalue weighted by Crippen LogP contribution is 2.37. The van der Waals surface area contributed by atoms with Gasteiger partial charge in [-0.05, 0) is 35.2 Å². The summed E-state index contributed by atoms with van der Waals surface area (Å²) in [6.45, 7) is 6.05. The van der Waals surface area contributed by atoms with Crippen molar-refractivity contribution in [3.8, 4) is 17.1 Å². The van der Waals surface area contributed by atoms with E-state index in [-0.39, 0.29) is 16.1 Å². The van der Waals surface area contributed by atoms with Crippen molar-refractivity contribution in [3.05, 3.63) is 42.0 Å². The lowest BCUT2D eigenvalue weighted by atomic mass is 9.85. The fourth-order valence-electron chi connectivity index (χ4n) is 2.63. The van der Waals surface area contributed by atoms with Gasteiger partial charge in [0, 0.05) is 0 Å². The molecule has 0 spiro atoms. The number of H-pyrrole nitrogens is 1. The van der Waals surface area contributed by atoms with Crippen molar-refractivity contribution >= 4 is 21.1 Å². The second kappa shape index (κ2) is 5.32. The molecule has 0 saturated carbocycles. The van der Waals surface area contributed by atoms with E-state index >= 15 is 0 Å². The Bertz CT molecular complexity index is 1030. The first-order valence-corrected chi connectivity index (χ1v) is 8.97. The molecule has 126 valence electrons. The minimum absolute atomic E-state index is 0.0119. The number of nitrogens with two attached hydrogens (primary N) is 1. The number of aromatic hydroxyl groups is 1. The number of fused-ring (bicyclic) bond motifs is 1. The molecule has 0 radical (unpaired) electrons. The van der Waals surface area contributed by atoms with Gasteiger partial charge in [-0.25, -0.2) is 18.5 Å². The minimum atomic E-state index is -3.78. The second-order valence-corrected chi connectivity index (χ2v) is 8.32. The number of benzene rings is 2. The minimum Gasteiger partial charge on any atom is -0.507 e. The van der Waals surface area contributed by atoms with E-state index in [0.717, 1.165) is 5.56 Å². The quantitative estimate of drug-likeness (QED) is 0.663. The van der Waals surface area contributed by atoms with Gasteiger partial charge in [-0.3, -0.25) is 0 Å². The van der Waals surface area contributed by atoms with Crippen molar-refractivity contribution in [3.63, 3.8) is 0 Å². The number of phenols is 1. The third kappa shape index (κ3) is 2.88. The first kappa shape index (κ1) is 16.5. The molecule has 0 bridgehead atoms. The van der Waals surface area contributed by atoms with Gasteiger partial charge in [-0.15, -0.1) is 0 Å². The van der Waals surface area contributed by atoms with Crippen LogP contribution in [0.25, 0.3) is 22.4 Å². The highest BCUT2D eigenvalue weighted by Gasteiger charge is 2.21. The standard InChI is InChI=1S/C17H19N3O3S/c1-17(2,3)12-6-4-5-11(15(12)21)16-19-13-8-7-10(24(18,22)23)9-14(13)20-16/h4-9,21H,1-3H3,(H,19,20)(H2,18,22,23). The second-order valence-electron chi connectivity index (χ2n) is 6.76. The predicted octanol–water partition coefficient (Wildman–Crippen LogP) is 2.88. The number of hydrogen-bond donors (Lipinski definition) is 3. The number of primary sulfonamides is 1. The first-order valence-electron chi connectivity index (χ1n) is 7.43. The van der Waals surface area contributed by atoms with Gasteiger partial charge in [0.25, 0.3) is 0 Å². The van der Waals surface area contributed by atoms with Crippen molar-refractivity contribution in [1.29, 1.82) is 0 Å². The lowest BCUT2D eigenvalue weighted by Crippen LogP contribution is -2.11. The van der Waals surface area contributed by atoms with Crippen LogP contribution >= 0.6 is 0 Å². The van der Waals surface area contributed by atoms with E-state index in [0.29, 0.717) is 22.4 Å². The number of aromatic amines is 1.